The normalized spacial score (nSPS) is 13.8. The molecule has 0 fully saturated rings. The highest BCUT2D eigenvalue weighted by atomic mass is 16.4. The van der Waals surface area contributed by atoms with Crippen molar-refractivity contribution in [1.29, 1.82) is 0 Å². The van der Waals surface area contributed by atoms with Crippen LogP contribution in [0.5, 0.6) is 5.75 Å². The van der Waals surface area contributed by atoms with Gasteiger partial charge < -0.3 is 48.5 Å². The van der Waals surface area contributed by atoms with Crippen molar-refractivity contribution < 1.29 is 44.1 Å². The number of unbranched alkanes of at least 4 members (excludes halogenated alkanes) is 1. The summed E-state index contributed by atoms with van der Waals surface area (Å²) >= 11 is 0. The SMILES string of the molecule is NCCCCC(NC(=O)C(N)CCC(N)=O)C(=O)NC(Cc1ccc(O)cc1)C(=O)NC(CCC(=O)O)C(=O)O. The molecular weight excluding hydrogens is 528 g/mol. The molecule has 0 aliphatic heterocycles. The number of nitrogens with two attached hydrogens (primary N) is 3. The Labute approximate surface area is 230 Å². The molecule has 15 nitrogen and oxygen atoms in total. The predicted octanol–water partition coefficient (Wildman–Crippen LogP) is -1.94. The summed E-state index contributed by atoms with van der Waals surface area (Å²) in [6, 6.07) is 0.588. The molecule has 4 unspecified atom stereocenters. The van der Waals surface area contributed by atoms with Gasteiger partial charge in [0.1, 0.15) is 23.9 Å². The highest BCUT2D eigenvalue weighted by Crippen LogP contribution is 2.13. The van der Waals surface area contributed by atoms with Gasteiger partial charge >= 0.3 is 11.9 Å². The summed E-state index contributed by atoms with van der Waals surface area (Å²) in [4.78, 5) is 72.5. The smallest absolute Gasteiger partial charge is 0.326 e. The molecule has 4 atom stereocenters. The third kappa shape index (κ3) is 13.0. The fourth-order valence-electron chi connectivity index (χ4n) is 3.62. The Balaban J connectivity index is 3.14. The molecule has 0 saturated carbocycles. The summed E-state index contributed by atoms with van der Waals surface area (Å²) in [6.07, 6.45) is -0.0942. The lowest BCUT2D eigenvalue weighted by Gasteiger charge is -2.25. The molecule has 1 aromatic carbocycles. The predicted molar refractivity (Wildman–Crippen MR) is 141 cm³/mol. The number of primary amides is 1. The average molecular weight is 567 g/mol. The molecule has 15 heteroatoms. The summed E-state index contributed by atoms with van der Waals surface area (Å²) in [5.41, 5.74) is 16.9. The van der Waals surface area contributed by atoms with Gasteiger partial charge in [0.05, 0.1) is 6.04 Å². The molecule has 1 rings (SSSR count). The van der Waals surface area contributed by atoms with Gasteiger partial charge in [-0.05, 0) is 56.3 Å². The minimum absolute atomic E-state index is 0.0382. The Morgan fingerprint density at radius 2 is 1.32 bits per heavy atom. The number of carbonyl (C=O) groups is 6. The van der Waals surface area contributed by atoms with Crippen molar-refractivity contribution in [2.75, 3.05) is 6.54 Å². The van der Waals surface area contributed by atoms with Crippen LogP contribution >= 0.6 is 0 Å². The summed E-state index contributed by atoms with van der Waals surface area (Å²) in [7, 11) is 0. The molecule has 0 heterocycles. The Morgan fingerprint density at radius 1 is 0.750 bits per heavy atom. The Kier molecular flexibility index (Phi) is 14.7. The van der Waals surface area contributed by atoms with Crippen molar-refractivity contribution in [3.63, 3.8) is 0 Å². The molecule has 0 aliphatic rings. The molecule has 0 radical (unpaired) electrons. The average Bonchev–Trinajstić information content (AvgIpc) is 2.89. The maximum atomic E-state index is 13.3. The van der Waals surface area contributed by atoms with E-state index in [1.54, 1.807) is 0 Å². The van der Waals surface area contributed by atoms with Gasteiger partial charge in [-0.3, -0.25) is 24.0 Å². The number of nitrogens with one attached hydrogen (secondary N) is 3. The van der Waals surface area contributed by atoms with Gasteiger partial charge in [-0.2, -0.15) is 0 Å². The molecule has 12 N–H and O–H groups in total. The zero-order valence-electron chi connectivity index (χ0n) is 22.0. The van der Waals surface area contributed by atoms with Crippen LogP contribution in [-0.4, -0.2) is 81.6 Å². The number of hydrogen-bond donors (Lipinski definition) is 9. The van der Waals surface area contributed by atoms with Crippen molar-refractivity contribution in [1.82, 2.24) is 16.0 Å². The highest BCUT2D eigenvalue weighted by molar-refractivity contribution is 5.94. The number of benzene rings is 1. The second-order valence-corrected chi connectivity index (χ2v) is 9.22. The number of hydrogen-bond acceptors (Lipinski definition) is 9. The largest absolute Gasteiger partial charge is 0.508 e. The van der Waals surface area contributed by atoms with Crippen LogP contribution in [0.25, 0.3) is 0 Å². The monoisotopic (exact) mass is 566 g/mol. The maximum Gasteiger partial charge on any atom is 0.326 e. The molecule has 0 bridgehead atoms. The van der Waals surface area contributed by atoms with Gasteiger partial charge in [0.15, 0.2) is 0 Å². The van der Waals surface area contributed by atoms with Crippen molar-refractivity contribution in [2.45, 2.75) is 75.5 Å². The second-order valence-electron chi connectivity index (χ2n) is 9.22. The Morgan fingerprint density at radius 3 is 1.88 bits per heavy atom. The number of aromatic hydroxyl groups is 1. The number of carbonyl (C=O) groups excluding carboxylic acids is 4. The molecular formula is C25H38N6O9. The number of phenolic OH excluding ortho intramolecular Hbond substituents is 1. The zero-order valence-corrected chi connectivity index (χ0v) is 22.0. The van der Waals surface area contributed by atoms with Gasteiger partial charge in [-0.1, -0.05) is 12.1 Å². The van der Waals surface area contributed by atoms with Crippen molar-refractivity contribution in [3.05, 3.63) is 29.8 Å². The number of amides is 4. The van der Waals surface area contributed by atoms with Crippen LogP contribution in [0.3, 0.4) is 0 Å². The third-order valence-corrected chi connectivity index (χ3v) is 5.89. The minimum atomic E-state index is -1.54. The quantitative estimate of drug-likeness (QED) is 0.0830. The van der Waals surface area contributed by atoms with Crippen LogP contribution in [0.1, 0.15) is 50.5 Å². The summed E-state index contributed by atoms with van der Waals surface area (Å²) in [5, 5.41) is 35.2. The minimum Gasteiger partial charge on any atom is -0.508 e. The van der Waals surface area contributed by atoms with Crippen LogP contribution in [0.4, 0.5) is 0 Å². The molecule has 4 amide bonds. The third-order valence-electron chi connectivity index (χ3n) is 5.89. The lowest BCUT2D eigenvalue weighted by Crippen LogP contribution is -2.57. The zero-order chi connectivity index (χ0) is 30.2. The van der Waals surface area contributed by atoms with E-state index in [1.165, 1.54) is 24.3 Å². The Bertz CT molecular complexity index is 1030. The summed E-state index contributed by atoms with van der Waals surface area (Å²) < 4.78 is 0. The van der Waals surface area contributed by atoms with E-state index in [0.29, 0.717) is 24.9 Å². The van der Waals surface area contributed by atoms with Gasteiger partial charge in [0, 0.05) is 19.3 Å². The van der Waals surface area contributed by atoms with Crippen molar-refractivity contribution in [2.24, 2.45) is 17.2 Å². The van der Waals surface area contributed by atoms with Gasteiger partial charge in [-0.25, -0.2) is 4.79 Å². The summed E-state index contributed by atoms with van der Waals surface area (Å²) in [6.45, 7) is 0.333. The molecule has 0 aromatic heterocycles. The first kappa shape index (κ1) is 33.8. The highest BCUT2D eigenvalue weighted by Gasteiger charge is 2.30. The van der Waals surface area contributed by atoms with Crippen LogP contribution in [0, 0.1) is 0 Å². The molecule has 0 saturated heterocycles. The number of phenols is 1. The first-order valence-corrected chi connectivity index (χ1v) is 12.7. The van der Waals surface area contributed by atoms with Crippen molar-refractivity contribution in [3.8, 4) is 5.75 Å². The molecule has 40 heavy (non-hydrogen) atoms. The van der Waals surface area contributed by atoms with E-state index >= 15 is 0 Å². The molecule has 0 spiro atoms. The first-order valence-electron chi connectivity index (χ1n) is 12.7. The van der Waals surface area contributed by atoms with Gasteiger partial charge in [0.2, 0.25) is 23.6 Å². The lowest BCUT2D eigenvalue weighted by atomic mass is 10.0. The van der Waals surface area contributed by atoms with Crippen LogP contribution in [0.2, 0.25) is 0 Å². The van der Waals surface area contributed by atoms with E-state index < -0.39 is 72.6 Å². The number of rotatable bonds is 19. The molecule has 1 aromatic rings. The summed E-state index contributed by atoms with van der Waals surface area (Å²) in [5.74, 6) is -5.77. The van der Waals surface area contributed by atoms with E-state index in [-0.39, 0.29) is 31.4 Å². The van der Waals surface area contributed by atoms with Crippen LogP contribution in [0.15, 0.2) is 24.3 Å². The topological polar surface area (TPSA) is 277 Å². The van der Waals surface area contributed by atoms with Crippen LogP contribution < -0.4 is 33.2 Å². The standard InChI is InChI=1S/C25H38N6O9/c26-12-2-1-3-17(29-22(36)16(27)8-10-20(28)33)23(37)31-19(13-14-4-6-15(32)7-5-14)24(38)30-18(25(39)40)9-11-21(34)35/h4-7,16-19,32H,1-3,8-13,26-27H2,(H2,28,33)(H,29,36)(H,30,38)(H,31,37)(H,34,35)(H,39,40). The fraction of sp³-hybridized carbons (Fsp3) is 0.520. The first-order chi connectivity index (χ1) is 18.8. The lowest BCUT2D eigenvalue weighted by molar-refractivity contribution is -0.143. The van der Waals surface area contributed by atoms with E-state index in [1.807, 2.05) is 0 Å². The number of carboxylic acids is 2. The van der Waals surface area contributed by atoms with Crippen molar-refractivity contribution >= 4 is 35.6 Å². The van der Waals surface area contributed by atoms with Gasteiger partial charge in [0.25, 0.3) is 0 Å². The Hall–Kier alpha value is -4.24. The van der Waals surface area contributed by atoms with Gasteiger partial charge in [-0.15, -0.1) is 0 Å². The molecule has 0 aliphatic carbocycles. The van der Waals surface area contributed by atoms with E-state index in [9.17, 15) is 39.0 Å². The van der Waals surface area contributed by atoms with E-state index in [2.05, 4.69) is 16.0 Å². The van der Waals surface area contributed by atoms with E-state index in [4.69, 9.17) is 22.3 Å². The fourth-order valence-corrected chi connectivity index (χ4v) is 3.62. The maximum absolute atomic E-state index is 13.3. The molecule has 222 valence electrons. The number of aliphatic carboxylic acids is 2. The van der Waals surface area contributed by atoms with Crippen LogP contribution in [-0.2, 0) is 35.2 Å². The second kappa shape index (κ2) is 17.4. The number of carboxylic acid groups (broad SMARTS) is 2. The van der Waals surface area contributed by atoms with E-state index in [0.717, 1.165) is 0 Å².